The summed E-state index contributed by atoms with van der Waals surface area (Å²) in [6.07, 6.45) is 2.09. The van der Waals surface area contributed by atoms with Crippen LogP contribution < -0.4 is 5.32 Å². The number of aromatic hydroxyl groups is 1. The van der Waals surface area contributed by atoms with Gasteiger partial charge in [0.1, 0.15) is 5.75 Å². The summed E-state index contributed by atoms with van der Waals surface area (Å²) in [7, 11) is 0. The van der Waals surface area contributed by atoms with Crippen molar-refractivity contribution in [1.29, 1.82) is 0 Å². The molecule has 5 nitrogen and oxygen atoms in total. The fraction of sp³-hybridized carbons (Fsp3) is 0.529. The van der Waals surface area contributed by atoms with Crippen molar-refractivity contribution in [2.75, 3.05) is 13.1 Å². The zero-order valence-electron chi connectivity index (χ0n) is 13.2. The van der Waals surface area contributed by atoms with Crippen molar-refractivity contribution in [3.63, 3.8) is 0 Å². The fourth-order valence-corrected chi connectivity index (χ4v) is 2.71. The van der Waals surface area contributed by atoms with Gasteiger partial charge in [0, 0.05) is 31.1 Å². The summed E-state index contributed by atoms with van der Waals surface area (Å²) in [6, 6.07) is 6.56. The second-order valence-electron chi connectivity index (χ2n) is 6.28. The largest absolute Gasteiger partial charge is 0.508 e. The van der Waals surface area contributed by atoms with Crippen LogP contribution in [-0.4, -0.2) is 41.0 Å². The van der Waals surface area contributed by atoms with Crippen LogP contribution in [0.3, 0.4) is 0 Å². The topological polar surface area (TPSA) is 69.6 Å². The predicted molar refractivity (Wildman–Crippen MR) is 84.6 cm³/mol. The maximum atomic E-state index is 12.4. The fourth-order valence-electron chi connectivity index (χ4n) is 2.71. The van der Waals surface area contributed by atoms with Crippen molar-refractivity contribution < 1.29 is 14.7 Å². The van der Waals surface area contributed by atoms with Crippen LogP contribution in [0.2, 0.25) is 0 Å². The van der Waals surface area contributed by atoms with Crippen LogP contribution in [-0.2, 0) is 4.79 Å². The van der Waals surface area contributed by atoms with Gasteiger partial charge in [-0.15, -0.1) is 0 Å². The van der Waals surface area contributed by atoms with Gasteiger partial charge in [0.2, 0.25) is 5.91 Å². The lowest BCUT2D eigenvalue weighted by atomic mass is 10.0. The molecule has 1 saturated heterocycles. The highest BCUT2D eigenvalue weighted by Gasteiger charge is 2.24. The Balaban J connectivity index is 1.84. The summed E-state index contributed by atoms with van der Waals surface area (Å²) < 4.78 is 0. The van der Waals surface area contributed by atoms with Crippen LogP contribution in [0.1, 0.15) is 43.5 Å². The van der Waals surface area contributed by atoms with Gasteiger partial charge in [0.15, 0.2) is 0 Å². The molecule has 1 aromatic carbocycles. The first-order valence-electron chi connectivity index (χ1n) is 7.83. The van der Waals surface area contributed by atoms with Crippen molar-refractivity contribution in [1.82, 2.24) is 10.2 Å². The minimum atomic E-state index is -0.0668. The molecule has 2 N–H and O–H groups in total. The molecular formula is C17H24N2O3. The van der Waals surface area contributed by atoms with Crippen molar-refractivity contribution in [3.05, 3.63) is 29.8 Å². The highest BCUT2D eigenvalue weighted by atomic mass is 16.3. The number of carbonyl (C=O) groups excluding carboxylic acids is 2. The number of phenolic OH excluding ortho intramolecular Hbond substituents is 1. The van der Waals surface area contributed by atoms with E-state index in [2.05, 4.69) is 5.32 Å². The number of nitrogens with one attached hydrogen (secondary N) is 1. The molecule has 2 rings (SSSR count). The smallest absolute Gasteiger partial charge is 0.253 e. The van der Waals surface area contributed by atoms with Gasteiger partial charge in [-0.05, 0) is 37.0 Å². The first kappa shape index (κ1) is 16.3. The molecule has 0 aliphatic carbocycles. The molecule has 1 fully saturated rings. The predicted octanol–water partition coefficient (Wildman–Crippen LogP) is 2.16. The lowest BCUT2D eigenvalue weighted by Gasteiger charge is -2.32. The average Bonchev–Trinajstić information content (AvgIpc) is 2.46. The van der Waals surface area contributed by atoms with Crippen molar-refractivity contribution >= 4 is 11.8 Å². The molecule has 1 aliphatic heterocycles. The monoisotopic (exact) mass is 304 g/mol. The Morgan fingerprint density at radius 2 is 2.00 bits per heavy atom. The van der Waals surface area contributed by atoms with Gasteiger partial charge in [-0.3, -0.25) is 9.59 Å². The number of hydrogen-bond acceptors (Lipinski definition) is 3. The molecule has 0 spiro atoms. The number of phenols is 1. The van der Waals surface area contributed by atoms with E-state index in [0.29, 0.717) is 31.0 Å². The number of hydrogen-bond donors (Lipinski definition) is 2. The highest BCUT2D eigenvalue weighted by Crippen LogP contribution is 2.17. The third kappa shape index (κ3) is 4.48. The first-order chi connectivity index (χ1) is 10.5. The van der Waals surface area contributed by atoms with Gasteiger partial charge in [0.05, 0.1) is 0 Å². The molecule has 0 bridgehead atoms. The molecule has 2 amide bonds. The van der Waals surface area contributed by atoms with E-state index in [9.17, 15) is 14.7 Å². The molecule has 120 valence electrons. The van der Waals surface area contributed by atoms with E-state index in [4.69, 9.17) is 0 Å². The molecule has 5 heteroatoms. The van der Waals surface area contributed by atoms with Gasteiger partial charge in [-0.25, -0.2) is 0 Å². The Morgan fingerprint density at radius 3 is 2.59 bits per heavy atom. The van der Waals surface area contributed by atoms with E-state index in [1.807, 2.05) is 13.8 Å². The molecule has 0 atom stereocenters. The third-order valence-corrected chi connectivity index (χ3v) is 3.83. The van der Waals surface area contributed by atoms with Crippen LogP contribution in [0.15, 0.2) is 24.3 Å². The number of nitrogens with zero attached hydrogens (tertiary/aromatic N) is 1. The molecule has 0 radical (unpaired) electrons. The van der Waals surface area contributed by atoms with E-state index >= 15 is 0 Å². The van der Waals surface area contributed by atoms with E-state index in [1.54, 1.807) is 23.1 Å². The molecule has 1 aromatic rings. The Hall–Kier alpha value is -2.04. The van der Waals surface area contributed by atoms with Crippen LogP contribution in [0.5, 0.6) is 5.75 Å². The molecule has 22 heavy (non-hydrogen) atoms. The van der Waals surface area contributed by atoms with Gasteiger partial charge in [-0.1, -0.05) is 19.9 Å². The standard InChI is InChI=1S/C17H24N2O3/c1-12(2)10-16(21)18-14-6-8-19(9-7-14)17(22)13-4-3-5-15(20)11-13/h3-5,11-12,14,20H,6-10H2,1-2H3,(H,18,21). The second-order valence-corrected chi connectivity index (χ2v) is 6.28. The molecule has 0 unspecified atom stereocenters. The zero-order valence-corrected chi connectivity index (χ0v) is 13.2. The van der Waals surface area contributed by atoms with Crippen molar-refractivity contribution in [2.24, 2.45) is 5.92 Å². The minimum Gasteiger partial charge on any atom is -0.508 e. The summed E-state index contributed by atoms with van der Waals surface area (Å²) >= 11 is 0. The molecular weight excluding hydrogens is 280 g/mol. The maximum absolute atomic E-state index is 12.4. The van der Waals surface area contributed by atoms with Crippen LogP contribution in [0, 0.1) is 5.92 Å². The van der Waals surface area contributed by atoms with Crippen molar-refractivity contribution in [2.45, 2.75) is 39.2 Å². The van der Waals surface area contributed by atoms with Crippen LogP contribution >= 0.6 is 0 Å². The Morgan fingerprint density at radius 1 is 1.32 bits per heavy atom. The zero-order chi connectivity index (χ0) is 16.1. The highest BCUT2D eigenvalue weighted by molar-refractivity contribution is 5.94. The first-order valence-corrected chi connectivity index (χ1v) is 7.83. The summed E-state index contributed by atoms with van der Waals surface area (Å²) in [4.78, 5) is 25.9. The number of carbonyl (C=O) groups is 2. The molecule has 1 heterocycles. The number of benzene rings is 1. The quantitative estimate of drug-likeness (QED) is 0.895. The normalized spacial score (nSPS) is 15.9. The lowest BCUT2D eigenvalue weighted by Crippen LogP contribution is -2.46. The summed E-state index contributed by atoms with van der Waals surface area (Å²) in [5.41, 5.74) is 0.502. The summed E-state index contributed by atoms with van der Waals surface area (Å²) in [5.74, 6) is 0.477. The molecule has 0 saturated carbocycles. The van der Waals surface area contributed by atoms with E-state index in [-0.39, 0.29) is 23.6 Å². The number of piperidine rings is 1. The summed E-state index contributed by atoms with van der Waals surface area (Å²) in [6.45, 7) is 5.30. The Labute approximate surface area is 131 Å². The Kier molecular flexibility index (Phi) is 5.41. The minimum absolute atomic E-state index is 0.0668. The van der Waals surface area contributed by atoms with Crippen molar-refractivity contribution in [3.8, 4) is 5.75 Å². The van der Waals surface area contributed by atoms with E-state index in [0.717, 1.165) is 12.8 Å². The molecule has 1 aliphatic rings. The lowest BCUT2D eigenvalue weighted by molar-refractivity contribution is -0.122. The van der Waals surface area contributed by atoms with Crippen LogP contribution in [0.4, 0.5) is 0 Å². The Bertz CT molecular complexity index is 534. The number of amides is 2. The van der Waals surface area contributed by atoms with Gasteiger partial charge in [-0.2, -0.15) is 0 Å². The van der Waals surface area contributed by atoms with Gasteiger partial charge < -0.3 is 15.3 Å². The second kappa shape index (κ2) is 7.29. The summed E-state index contributed by atoms with van der Waals surface area (Å²) in [5, 5.41) is 12.5. The van der Waals surface area contributed by atoms with E-state index < -0.39 is 0 Å². The average molecular weight is 304 g/mol. The maximum Gasteiger partial charge on any atom is 0.253 e. The third-order valence-electron chi connectivity index (χ3n) is 3.83. The number of likely N-dealkylation sites (tertiary alicyclic amines) is 1. The molecule has 0 aromatic heterocycles. The number of rotatable bonds is 4. The SMILES string of the molecule is CC(C)CC(=O)NC1CCN(C(=O)c2cccc(O)c2)CC1. The van der Waals surface area contributed by atoms with Crippen LogP contribution in [0.25, 0.3) is 0 Å². The van der Waals surface area contributed by atoms with E-state index in [1.165, 1.54) is 6.07 Å². The van der Waals surface area contributed by atoms with Gasteiger partial charge >= 0.3 is 0 Å². The van der Waals surface area contributed by atoms with Gasteiger partial charge in [0.25, 0.3) is 5.91 Å².